The van der Waals surface area contributed by atoms with Gasteiger partial charge in [-0.05, 0) is 83.3 Å². The summed E-state index contributed by atoms with van der Waals surface area (Å²) >= 11 is 2.12. The SMILES string of the molecule is CC1CN(C(=O)C(=O)Nc2cnc(N(C(=O)OC(C)(C)C)C(=O)OC(C)(C)C)c3cnn(PI)c23)CCN1C1CCC1. The van der Waals surface area contributed by atoms with Crippen molar-refractivity contribution in [1.29, 1.82) is 0 Å². The Morgan fingerprint density at radius 1 is 1.02 bits per heavy atom. The highest BCUT2D eigenvalue weighted by molar-refractivity contribution is 14.2. The van der Waals surface area contributed by atoms with Crippen molar-refractivity contribution in [2.75, 3.05) is 29.9 Å². The lowest BCUT2D eigenvalue weighted by molar-refractivity contribution is -0.145. The molecule has 0 bridgehead atoms. The zero-order chi connectivity index (χ0) is 31.0. The molecule has 2 aliphatic rings. The Morgan fingerprint density at radius 2 is 1.64 bits per heavy atom. The third-order valence-electron chi connectivity index (χ3n) is 6.98. The molecule has 1 saturated heterocycles. The number of amides is 4. The lowest BCUT2D eigenvalue weighted by Crippen LogP contribution is -2.59. The minimum atomic E-state index is -0.975. The van der Waals surface area contributed by atoms with Gasteiger partial charge in [0.1, 0.15) is 16.7 Å². The fraction of sp³-hybridized carbons (Fsp3) is 0.630. The second-order valence-electron chi connectivity index (χ2n) is 12.6. The van der Waals surface area contributed by atoms with Gasteiger partial charge in [0.25, 0.3) is 0 Å². The second-order valence-corrected chi connectivity index (χ2v) is 14.6. The highest BCUT2D eigenvalue weighted by atomic mass is 127. The Hall–Kier alpha value is -2.58. The molecule has 13 nitrogen and oxygen atoms in total. The zero-order valence-corrected chi connectivity index (χ0v) is 28.2. The summed E-state index contributed by atoms with van der Waals surface area (Å²) in [6.07, 6.45) is 4.51. The number of hydrogen-bond acceptors (Lipinski definition) is 9. The maximum atomic E-state index is 13.3. The number of fused-ring (bicyclic) bond motifs is 1. The molecule has 2 aromatic heterocycles. The minimum absolute atomic E-state index is 0.0698. The van der Waals surface area contributed by atoms with E-state index < -0.39 is 35.2 Å². The number of imide groups is 1. The summed E-state index contributed by atoms with van der Waals surface area (Å²) in [6, 6.07) is 0.737. The molecule has 2 atom stereocenters. The van der Waals surface area contributed by atoms with Gasteiger partial charge in [0.15, 0.2) is 5.82 Å². The van der Waals surface area contributed by atoms with Crippen LogP contribution in [0.5, 0.6) is 0 Å². The summed E-state index contributed by atoms with van der Waals surface area (Å²) in [6.45, 7) is 13.9. The number of carbonyl (C=O) groups excluding carboxylic acids is 4. The van der Waals surface area contributed by atoms with Crippen molar-refractivity contribution >= 4 is 74.8 Å². The first kappa shape index (κ1) is 32.3. The molecular formula is C27H39IN7O6P. The van der Waals surface area contributed by atoms with Crippen LogP contribution in [0, 0.1) is 0 Å². The van der Waals surface area contributed by atoms with E-state index in [-0.39, 0.29) is 23.9 Å². The summed E-state index contributed by atoms with van der Waals surface area (Å²) in [4.78, 5) is 62.0. The van der Waals surface area contributed by atoms with E-state index in [9.17, 15) is 19.2 Å². The molecule has 3 heterocycles. The number of nitrogens with one attached hydrogen (secondary N) is 1. The maximum absolute atomic E-state index is 13.3. The molecule has 1 aliphatic heterocycles. The summed E-state index contributed by atoms with van der Waals surface area (Å²) in [5, 5.41) is 7.37. The van der Waals surface area contributed by atoms with E-state index in [1.165, 1.54) is 31.7 Å². The van der Waals surface area contributed by atoms with Crippen LogP contribution in [0.1, 0.15) is 67.7 Å². The number of ether oxygens (including phenoxy) is 2. The van der Waals surface area contributed by atoms with Crippen molar-refractivity contribution in [3.8, 4) is 0 Å². The average molecular weight is 716 g/mol. The van der Waals surface area contributed by atoms with Gasteiger partial charge in [0.2, 0.25) is 0 Å². The zero-order valence-electron chi connectivity index (χ0n) is 25.1. The van der Waals surface area contributed by atoms with E-state index in [0.29, 0.717) is 30.0 Å². The topological polar surface area (TPSA) is 139 Å². The summed E-state index contributed by atoms with van der Waals surface area (Å²) in [5.41, 5.74) is -1.18. The third kappa shape index (κ3) is 7.31. The molecule has 4 amide bonds. The molecule has 2 unspecified atom stereocenters. The van der Waals surface area contributed by atoms with Crippen LogP contribution in [0.15, 0.2) is 12.4 Å². The first-order valence-corrected chi connectivity index (χ1v) is 18.0. The predicted molar refractivity (Wildman–Crippen MR) is 169 cm³/mol. The Kier molecular flexibility index (Phi) is 9.68. The van der Waals surface area contributed by atoms with Gasteiger partial charge in [0.05, 0.1) is 29.8 Å². The van der Waals surface area contributed by atoms with Crippen LogP contribution >= 0.6 is 28.4 Å². The normalized spacial score (nSPS) is 18.7. The molecule has 42 heavy (non-hydrogen) atoms. The fourth-order valence-electron chi connectivity index (χ4n) is 4.96. The van der Waals surface area contributed by atoms with Crippen molar-refractivity contribution in [2.24, 2.45) is 0 Å². The number of halogens is 1. The van der Waals surface area contributed by atoms with Gasteiger partial charge in [-0.25, -0.2) is 19.0 Å². The summed E-state index contributed by atoms with van der Waals surface area (Å²) < 4.78 is 12.6. The van der Waals surface area contributed by atoms with E-state index in [4.69, 9.17) is 9.47 Å². The van der Waals surface area contributed by atoms with Crippen LogP contribution in [-0.4, -0.2) is 91.3 Å². The standard InChI is InChI=1S/C27H39IN7O6P/c1-16-15-32(11-12-33(16)17-9-8-10-17)23(37)22(36)31-19-14-29-21(18-13-30-35(42-28)20(18)19)34(24(38)40-26(2,3)4)25(39)41-27(5,6)7/h13-14,16-17,42H,8-12,15H2,1-7H3,(H,31,36). The lowest BCUT2D eigenvalue weighted by Gasteiger charge is -2.46. The van der Waals surface area contributed by atoms with Crippen molar-refractivity contribution < 1.29 is 28.7 Å². The fourth-order valence-corrected chi connectivity index (χ4v) is 6.48. The van der Waals surface area contributed by atoms with Gasteiger partial charge in [-0.3, -0.25) is 14.5 Å². The van der Waals surface area contributed by atoms with Crippen molar-refractivity contribution in [3.05, 3.63) is 12.4 Å². The van der Waals surface area contributed by atoms with E-state index in [1.54, 1.807) is 50.9 Å². The smallest absolute Gasteiger partial charge is 0.425 e. The summed E-state index contributed by atoms with van der Waals surface area (Å²) in [7, 11) is 0. The molecule has 2 fully saturated rings. The molecule has 1 saturated carbocycles. The van der Waals surface area contributed by atoms with Crippen molar-refractivity contribution in [3.63, 3.8) is 0 Å². The highest BCUT2D eigenvalue weighted by Gasteiger charge is 2.37. The van der Waals surface area contributed by atoms with E-state index >= 15 is 0 Å². The van der Waals surface area contributed by atoms with Crippen LogP contribution in [0.2, 0.25) is 0 Å². The number of nitrogens with zero attached hydrogens (tertiary/aromatic N) is 6. The number of rotatable bonds is 4. The minimum Gasteiger partial charge on any atom is -0.443 e. The monoisotopic (exact) mass is 715 g/mol. The molecule has 2 aromatic rings. The van der Waals surface area contributed by atoms with Crippen molar-refractivity contribution in [2.45, 2.75) is 91.0 Å². The number of piperazine rings is 1. The number of pyridine rings is 1. The average Bonchev–Trinajstić information content (AvgIpc) is 3.27. The molecule has 0 radical (unpaired) electrons. The number of carbonyl (C=O) groups is 4. The van der Waals surface area contributed by atoms with Crippen LogP contribution < -0.4 is 10.2 Å². The Morgan fingerprint density at radius 3 is 2.14 bits per heavy atom. The van der Waals surface area contributed by atoms with Crippen LogP contribution in [0.25, 0.3) is 10.9 Å². The molecule has 230 valence electrons. The second kappa shape index (κ2) is 12.6. The molecule has 4 rings (SSSR count). The number of aromatic nitrogens is 3. The molecule has 1 N–H and O–H groups in total. The van der Waals surface area contributed by atoms with Crippen LogP contribution in [-0.2, 0) is 19.1 Å². The first-order valence-electron chi connectivity index (χ1n) is 13.9. The molecule has 15 heteroatoms. The molecular weight excluding hydrogens is 676 g/mol. The predicted octanol–water partition coefficient (Wildman–Crippen LogP) is 4.92. The largest absolute Gasteiger partial charge is 0.443 e. The number of anilines is 2. The van der Waals surface area contributed by atoms with Gasteiger partial charge in [-0.15, -0.1) is 0 Å². The Bertz CT molecular complexity index is 1340. The van der Waals surface area contributed by atoms with Crippen LogP contribution in [0.4, 0.5) is 21.1 Å². The third-order valence-corrected chi connectivity index (χ3v) is 8.85. The van der Waals surface area contributed by atoms with Crippen LogP contribution in [0.3, 0.4) is 0 Å². The first-order chi connectivity index (χ1) is 19.6. The van der Waals surface area contributed by atoms with Gasteiger partial charge in [0, 0.05) is 31.7 Å². The number of hydrogen-bond donors (Lipinski definition) is 1. The Balaban J connectivity index is 1.62. The quantitative estimate of drug-likeness (QED) is 0.266. The lowest BCUT2D eigenvalue weighted by atomic mass is 9.90. The van der Waals surface area contributed by atoms with E-state index in [0.717, 1.165) is 11.4 Å². The van der Waals surface area contributed by atoms with E-state index in [2.05, 4.69) is 49.3 Å². The summed E-state index contributed by atoms with van der Waals surface area (Å²) in [5.74, 6) is -1.49. The highest BCUT2D eigenvalue weighted by Crippen LogP contribution is 2.37. The molecule has 1 aliphatic carbocycles. The molecule has 0 spiro atoms. The van der Waals surface area contributed by atoms with Gasteiger partial charge < -0.3 is 19.7 Å². The van der Waals surface area contributed by atoms with E-state index in [1.807, 2.05) is 0 Å². The Labute approximate surface area is 260 Å². The maximum Gasteiger partial charge on any atom is 0.425 e. The van der Waals surface area contributed by atoms with Crippen molar-refractivity contribution in [1.82, 2.24) is 24.3 Å². The van der Waals surface area contributed by atoms with Gasteiger partial charge in [-0.1, -0.05) is 6.42 Å². The van der Waals surface area contributed by atoms with Gasteiger partial charge >= 0.3 is 24.0 Å². The van der Waals surface area contributed by atoms with Gasteiger partial charge in [-0.2, -0.15) is 10.00 Å². The molecule has 0 aromatic carbocycles.